The molecule has 0 radical (unpaired) electrons. The third-order valence-corrected chi connectivity index (χ3v) is 7.18. The first-order valence-corrected chi connectivity index (χ1v) is 14.2. The number of aliphatic hydroxyl groups is 1. The lowest BCUT2D eigenvalue weighted by Gasteiger charge is -2.24. The molecule has 5 rings (SSSR count). The minimum Gasteiger partial charge on any atom is -0.412 e. The van der Waals surface area contributed by atoms with E-state index in [1.807, 2.05) is 55.6 Å². The van der Waals surface area contributed by atoms with E-state index in [4.69, 9.17) is 9.94 Å². The minimum atomic E-state index is -1.04. The highest BCUT2D eigenvalue weighted by Crippen LogP contribution is 2.26. The maximum atomic E-state index is 12.1. The number of ether oxygens (including phenoxy) is 1. The summed E-state index contributed by atoms with van der Waals surface area (Å²) in [6.07, 6.45) is 2.66. The number of carbonyl (C=O) groups is 1. The number of carbonyl (C=O) groups excluding carboxylic acids is 1. The number of hydrogen-bond donors (Lipinski definition) is 5. The second-order valence-corrected chi connectivity index (χ2v) is 10.7. The van der Waals surface area contributed by atoms with Crippen molar-refractivity contribution in [3.05, 3.63) is 65.9 Å². The summed E-state index contributed by atoms with van der Waals surface area (Å²) in [5, 5.41) is 33.3. The predicted molar refractivity (Wildman–Crippen MR) is 165 cm³/mol. The summed E-state index contributed by atoms with van der Waals surface area (Å²) in [5.41, 5.74) is 2.64. The number of aryl methyl sites for hydroxylation is 1. The van der Waals surface area contributed by atoms with Gasteiger partial charge in [-0.1, -0.05) is 49.2 Å². The van der Waals surface area contributed by atoms with E-state index in [1.54, 1.807) is 0 Å². The Bertz CT molecular complexity index is 1220. The zero-order valence-corrected chi connectivity index (χ0v) is 25.2. The van der Waals surface area contributed by atoms with Crippen LogP contribution >= 0.6 is 12.6 Å². The minimum absolute atomic E-state index is 0. The van der Waals surface area contributed by atoms with Crippen LogP contribution < -0.4 is 5.32 Å². The molecule has 2 aliphatic rings. The van der Waals surface area contributed by atoms with Crippen molar-refractivity contribution in [3.63, 3.8) is 0 Å². The van der Waals surface area contributed by atoms with Gasteiger partial charge in [0, 0.05) is 54.7 Å². The lowest BCUT2D eigenvalue weighted by atomic mass is 10.00. The third-order valence-electron chi connectivity index (χ3n) is 6.88. The maximum Gasteiger partial charge on any atom is 0.250 e. The van der Waals surface area contributed by atoms with Gasteiger partial charge in [-0.3, -0.25) is 9.69 Å². The number of fused-ring (bicyclic) bond motifs is 1. The largest absolute Gasteiger partial charge is 0.412 e. The van der Waals surface area contributed by atoms with Gasteiger partial charge >= 0.3 is 0 Å². The SMILES string of the molecule is CCCC(O)C(=O)NC1(C#N)CCN(Cc2c[nH]c3ccccc23)C1.Cc1ccc(S)cc1.O.O.ON1CCOCC1. The first-order chi connectivity index (χ1) is 19.2. The fraction of sp³-hybridized carbons (Fsp3) is 0.467. The summed E-state index contributed by atoms with van der Waals surface area (Å²) < 4.78 is 4.94. The van der Waals surface area contributed by atoms with Crippen LogP contribution in [-0.2, 0) is 16.1 Å². The number of rotatable bonds is 6. The van der Waals surface area contributed by atoms with Crippen LogP contribution in [0.15, 0.2) is 59.6 Å². The van der Waals surface area contributed by atoms with E-state index in [-0.39, 0.29) is 11.0 Å². The Morgan fingerprint density at radius 3 is 2.40 bits per heavy atom. The van der Waals surface area contributed by atoms with E-state index in [0.29, 0.717) is 45.7 Å². The van der Waals surface area contributed by atoms with E-state index in [0.717, 1.165) is 29.9 Å². The van der Waals surface area contributed by atoms with Crippen LogP contribution in [0.4, 0.5) is 0 Å². The molecule has 1 amide bonds. The van der Waals surface area contributed by atoms with E-state index >= 15 is 0 Å². The van der Waals surface area contributed by atoms with Gasteiger partial charge in [-0.05, 0) is 43.5 Å². The number of H-pyrrole nitrogens is 1. The van der Waals surface area contributed by atoms with Gasteiger partial charge in [-0.25, -0.2) is 0 Å². The molecule has 232 valence electrons. The molecule has 2 saturated heterocycles. The Kier molecular flexibility index (Phi) is 16.3. The molecule has 0 saturated carbocycles. The third kappa shape index (κ3) is 11.4. The van der Waals surface area contributed by atoms with Gasteiger partial charge in [0.15, 0.2) is 0 Å². The van der Waals surface area contributed by atoms with Crippen molar-refractivity contribution in [2.24, 2.45) is 0 Å². The van der Waals surface area contributed by atoms with Crippen LogP contribution in [-0.4, -0.2) is 93.2 Å². The number of nitrogens with zero attached hydrogens (tertiary/aromatic N) is 3. The molecule has 42 heavy (non-hydrogen) atoms. The van der Waals surface area contributed by atoms with E-state index in [2.05, 4.69) is 46.9 Å². The van der Waals surface area contributed by atoms with Gasteiger partial charge < -0.3 is 36.3 Å². The highest BCUT2D eigenvalue weighted by Gasteiger charge is 2.40. The van der Waals surface area contributed by atoms with Gasteiger partial charge in [0.2, 0.25) is 5.91 Å². The molecule has 12 heteroatoms. The molecule has 2 unspecified atom stereocenters. The molecule has 0 bridgehead atoms. The number of aliphatic hydroxyl groups excluding tert-OH is 1. The lowest BCUT2D eigenvalue weighted by molar-refractivity contribution is -0.143. The number of likely N-dealkylation sites (tertiary alicyclic amines) is 1. The van der Waals surface area contributed by atoms with Crippen molar-refractivity contribution in [2.45, 2.75) is 56.2 Å². The summed E-state index contributed by atoms with van der Waals surface area (Å²) in [6, 6.07) is 18.4. The number of thiol groups is 1. The number of hydroxylamine groups is 2. The Labute approximate surface area is 253 Å². The summed E-state index contributed by atoms with van der Waals surface area (Å²) >= 11 is 4.13. The Balaban J connectivity index is 0.000000425. The summed E-state index contributed by atoms with van der Waals surface area (Å²) in [7, 11) is 0. The zero-order chi connectivity index (χ0) is 29.0. The molecule has 3 aromatic rings. The van der Waals surface area contributed by atoms with Crippen molar-refractivity contribution < 1.29 is 30.8 Å². The van der Waals surface area contributed by atoms with Crippen LogP contribution in [0.3, 0.4) is 0 Å². The molecular weight excluding hydrogens is 558 g/mol. The predicted octanol–water partition coefficient (Wildman–Crippen LogP) is 2.26. The molecule has 2 atom stereocenters. The Hall–Kier alpha value is -2.99. The van der Waals surface area contributed by atoms with E-state index < -0.39 is 17.6 Å². The number of para-hydroxylation sites is 1. The van der Waals surface area contributed by atoms with Gasteiger partial charge in [-0.2, -0.15) is 10.3 Å². The standard InChI is InChI=1S/C19H24N4O2.C7H8S.C4H9NO2.2H2O/c1-2-5-17(24)18(25)22-19(12-20)8-9-23(13-19)11-14-10-21-16-7-4-3-6-15(14)16;1-6-2-4-7(8)5-3-6;6-5-1-3-7-4-2-5;;/h3-4,6-7,10,17,21,24H,2,5,8-9,11,13H2,1H3,(H,22,25);2-5,8H,1H3;6H,1-4H2;2*1H2. The molecule has 0 aliphatic carbocycles. The number of aromatic nitrogens is 1. The van der Waals surface area contributed by atoms with Crippen LogP contribution in [0.5, 0.6) is 0 Å². The average Bonchev–Trinajstić information content (AvgIpc) is 3.56. The average molecular weight is 604 g/mol. The van der Waals surface area contributed by atoms with Gasteiger partial charge in [0.25, 0.3) is 0 Å². The normalized spacial score (nSPS) is 19.0. The number of nitrogens with one attached hydrogen (secondary N) is 2. The number of hydrogen-bond acceptors (Lipinski definition) is 8. The summed E-state index contributed by atoms with van der Waals surface area (Å²) in [5.74, 6) is -0.447. The fourth-order valence-corrected chi connectivity index (χ4v) is 4.72. The van der Waals surface area contributed by atoms with Gasteiger partial charge in [0.1, 0.15) is 11.6 Å². The van der Waals surface area contributed by atoms with Crippen molar-refractivity contribution >= 4 is 29.4 Å². The van der Waals surface area contributed by atoms with Gasteiger partial charge in [0.05, 0.1) is 19.3 Å². The summed E-state index contributed by atoms with van der Waals surface area (Å²) in [4.78, 5) is 18.6. The van der Waals surface area contributed by atoms with Crippen molar-refractivity contribution in [1.82, 2.24) is 20.3 Å². The quantitative estimate of drug-likeness (QED) is 0.267. The topological polar surface area (TPSA) is 188 Å². The molecule has 0 spiro atoms. The molecule has 8 N–H and O–H groups in total. The fourth-order valence-electron chi connectivity index (χ4n) is 4.57. The second kappa shape index (κ2) is 18.5. The second-order valence-electron chi connectivity index (χ2n) is 10.2. The smallest absolute Gasteiger partial charge is 0.250 e. The number of morpholine rings is 1. The Morgan fingerprint density at radius 2 is 1.83 bits per heavy atom. The maximum absolute atomic E-state index is 12.1. The molecular formula is C30H45N5O6S. The number of benzene rings is 2. The van der Waals surface area contributed by atoms with Gasteiger partial charge in [-0.15, -0.1) is 12.6 Å². The van der Waals surface area contributed by atoms with Crippen molar-refractivity contribution in [3.8, 4) is 6.07 Å². The highest BCUT2D eigenvalue weighted by molar-refractivity contribution is 7.80. The number of amides is 1. The highest BCUT2D eigenvalue weighted by atomic mass is 32.1. The van der Waals surface area contributed by atoms with Crippen LogP contribution in [0, 0.1) is 18.3 Å². The van der Waals surface area contributed by atoms with Crippen molar-refractivity contribution in [2.75, 3.05) is 39.4 Å². The van der Waals surface area contributed by atoms with Crippen LogP contribution in [0.1, 0.15) is 37.3 Å². The Morgan fingerprint density at radius 1 is 1.17 bits per heavy atom. The van der Waals surface area contributed by atoms with Crippen molar-refractivity contribution in [1.29, 1.82) is 5.26 Å². The number of aromatic amines is 1. The molecule has 2 aromatic carbocycles. The van der Waals surface area contributed by atoms with E-state index in [1.165, 1.54) is 21.6 Å². The first-order valence-electron chi connectivity index (χ1n) is 13.7. The number of nitriles is 1. The first kappa shape index (κ1) is 37.0. The van der Waals surface area contributed by atoms with Crippen LogP contribution in [0.2, 0.25) is 0 Å². The van der Waals surface area contributed by atoms with E-state index in [9.17, 15) is 15.2 Å². The molecule has 2 fully saturated rings. The molecule has 1 aromatic heterocycles. The zero-order valence-electron chi connectivity index (χ0n) is 24.3. The van der Waals surface area contributed by atoms with Crippen LogP contribution in [0.25, 0.3) is 10.9 Å². The summed E-state index contributed by atoms with van der Waals surface area (Å²) in [6.45, 7) is 8.53. The molecule has 2 aliphatic heterocycles. The lowest BCUT2D eigenvalue weighted by Crippen LogP contribution is -2.52. The molecule has 11 nitrogen and oxygen atoms in total. The monoisotopic (exact) mass is 603 g/mol. The molecule has 3 heterocycles.